The summed E-state index contributed by atoms with van der Waals surface area (Å²) in [5.74, 6) is 1.73. The lowest BCUT2D eigenvalue weighted by atomic mass is 9.95. The quantitative estimate of drug-likeness (QED) is 0.448. The number of nitrogens with one attached hydrogen (secondary N) is 1. The summed E-state index contributed by atoms with van der Waals surface area (Å²) < 4.78 is 2.03. The van der Waals surface area contributed by atoms with Gasteiger partial charge in [0.15, 0.2) is 0 Å². The molecule has 1 N–H and O–H groups in total. The molecule has 0 saturated carbocycles. The van der Waals surface area contributed by atoms with Gasteiger partial charge in [-0.2, -0.15) is 4.98 Å². The SMILES string of the molecule is CN1CCCN(c2nc(N3CC(C(=O)NC(C)(C)c4cnc5ccccn45)C3)c3ccsc3n2)CC1. The minimum absolute atomic E-state index is 0.0635. The Balaban J connectivity index is 1.17. The molecule has 2 aliphatic heterocycles. The van der Waals surface area contributed by atoms with Gasteiger partial charge in [-0.15, -0.1) is 11.3 Å². The Morgan fingerprint density at radius 2 is 1.94 bits per heavy atom. The molecule has 2 aliphatic rings. The first-order valence-corrected chi connectivity index (χ1v) is 13.5. The van der Waals surface area contributed by atoms with Crippen molar-refractivity contribution in [1.82, 2.24) is 29.6 Å². The largest absolute Gasteiger partial charge is 0.354 e. The van der Waals surface area contributed by atoms with E-state index in [-0.39, 0.29) is 11.8 Å². The van der Waals surface area contributed by atoms with Crippen LogP contribution >= 0.6 is 11.3 Å². The first-order valence-electron chi connectivity index (χ1n) is 12.6. The van der Waals surface area contributed by atoms with Crippen molar-refractivity contribution in [1.29, 1.82) is 0 Å². The van der Waals surface area contributed by atoms with Gasteiger partial charge in [0.2, 0.25) is 11.9 Å². The number of fused-ring (bicyclic) bond motifs is 2. The molecule has 9 nitrogen and oxygen atoms in total. The second-order valence-corrected chi connectivity index (χ2v) is 11.3. The topological polar surface area (TPSA) is 81.9 Å². The van der Waals surface area contributed by atoms with Crippen molar-refractivity contribution in [3.05, 3.63) is 47.7 Å². The number of likely N-dealkylation sites (N-methyl/N-ethyl adjacent to an activating group) is 1. The number of imidazole rings is 1. The standard InChI is InChI=1S/C26H32N8OS/c1-26(2,20-15-27-21-7-4-5-11-34(20)21)30-23(35)18-16-33(17-18)22-19-8-14-36-24(19)29-25(28-22)32-10-6-9-31(3)12-13-32/h4-5,7-8,11,14-15,18H,6,9-10,12-13,16-17H2,1-3H3,(H,30,35). The van der Waals surface area contributed by atoms with Crippen LogP contribution < -0.4 is 15.1 Å². The first-order chi connectivity index (χ1) is 17.4. The molecule has 1 amide bonds. The predicted molar refractivity (Wildman–Crippen MR) is 144 cm³/mol. The highest BCUT2D eigenvalue weighted by Gasteiger charge is 2.38. The van der Waals surface area contributed by atoms with Crippen molar-refractivity contribution in [2.75, 3.05) is 56.1 Å². The van der Waals surface area contributed by atoms with Crippen LogP contribution in [0.4, 0.5) is 11.8 Å². The normalized spacial score (nSPS) is 18.0. The molecule has 10 heteroatoms. The van der Waals surface area contributed by atoms with Crippen LogP contribution in [0.15, 0.2) is 42.0 Å². The van der Waals surface area contributed by atoms with Crippen LogP contribution in [0.2, 0.25) is 0 Å². The summed E-state index contributed by atoms with van der Waals surface area (Å²) in [6.07, 6.45) is 4.93. The first kappa shape index (κ1) is 23.2. The number of thiophene rings is 1. The molecule has 0 bridgehead atoms. The summed E-state index contributed by atoms with van der Waals surface area (Å²) in [6, 6.07) is 8.01. The third-order valence-electron chi connectivity index (χ3n) is 7.34. The molecule has 0 atom stereocenters. The van der Waals surface area contributed by atoms with Crippen molar-refractivity contribution in [3.8, 4) is 0 Å². The van der Waals surface area contributed by atoms with E-state index in [2.05, 4.69) is 43.5 Å². The summed E-state index contributed by atoms with van der Waals surface area (Å²) in [5.41, 5.74) is 1.30. The minimum atomic E-state index is -0.541. The van der Waals surface area contributed by atoms with Gasteiger partial charge in [-0.3, -0.25) is 4.79 Å². The van der Waals surface area contributed by atoms with Gasteiger partial charge in [-0.25, -0.2) is 9.97 Å². The van der Waals surface area contributed by atoms with E-state index >= 15 is 0 Å². The molecule has 2 saturated heterocycles. The van der Waals surface area contributed by atoms with Crippen molar-refractivity contribution in [3.63, 3.8) is 0 Å². The maximum Gasteiger partial charge on any atom is 0.228 e. The number of hydrogen-bond acceptors (Lipinski definition) is 8. The van der Waals surface area contributed by atoms with Crippen molar-refractivity contribution >= 4 is 44.9 Å². The summed E-state index contributed by atoms with van der Waals surface area (Å²) in [7, 11) is 2.17. The lowest BCUT2D eigenvalue weighted by Crippen LogP contribution is -2.57. The Labute approximate surface area is 214 Å². The second-order valence-electron chi connectivity index (χ2n) is 10.4. The van der Waals surface area contributed by atoms with Gasteiger partial charge in [-0.05, 0) is 57.4 Å². The summed E-state index contributed by atoms with van der Waals surface area (Å²) in [4.78, 5) is 35.5. The predicted octanol–water partition coefficient (Wildman–Crippen LogP) is 2.97. The Morgan fingerprint density at radius 1 is 1.08 bits per heavy atom. The van der Waals surface area contributed by atoms with Crippen molar-refractivity contribution < 1.29 is 4.79 Å². The average molecular weight is 505 g/mol. The molecule has 0 radical (unpaired) electrons. The highest BCUT2D eigenvalue weighted by molar-refractivity contribution is 7.16. The fourth-order valence-corrected chi connectivity index (χ4v) is 5.90. The Hall–Kier alpha value is -3.24. The molecule has 0 aliphatic carbocycles. The third-order valence-corrected chi connectivity index (χ3v) is 8.15. The molecule has 188 valence electrons. The molecule has 6 rings (SSSR count). The Bertz CT molecular complexity index is 1410. The number of carbonyl (C=O) groups excluding carboxylic acids is 1. The zero-order valence-electron chi connectivity index (χ0n) is 21.0. The van der Waals surface area contributed by atoms with Gasteiger partial charge >= 0.3 is 0 Å². The van der Waals surface area contributed by atoms with Gasteiger partial charge in [-0.1, -0.05) is 6.07 Å². The van der Waals surface area contributed by atoms with Crippen molar-refractivity contribution in [2.45, 2.75) is 25.8 Å². The molecule has 0 unspecified atom stereocenters. The summed E-state index contributed by atoms with van der Waals surface area (Å²) >= 11 is 1.65. The van der Waals surface area contributed by atoms with E-state index in [0.717, 1.165) is 65.9 Å². The van der Waals surface area contributed by atoms with Crippen LogP contribution in [0.5, 0.6) is 0 Å². The van der Waals surface area contributed by atoms with Gasteiger partial charge in [0.1, 0.15) is 16.3 Å². The lowest BCUT2D eigenvalue weighted by Gasteiger charge is -2.41. The molecule has 4 aromatic rings. The monoisotopic (exact) mass is 504 g/mol. The maximum atomic E-state index is 13.2. The van der Waals surface area contributed by atoms with Gasteiger partial charge < -0.3 is 24.4 Å². The highest BCUT2D eigenvalue weighted by Crippen LogP contribution is 2.34. The zero-order valence-corrected chi connectivity index (χ0v) is 21.8. The molecule has 4 aromatic heterocycles. The van der Waals surface area contributed by atoms with E-state index < -0.39 is 5.54 Å². The number of rotatable bonds is 5. The number of anilines is 2. The van der Waals surface area contributed by atoms with E-state index in [1.54, 1.807) is 11.3 Å². The molecular formula is C26H32N8OS. The average Bonchev–Trinajstić information content (AvgIpc) is 3.42. The number of aromatic nitrogens is 4. The Kier molecular flexibility index (Phi) is 5.80. The number of carbonyl (C=O) groups is 1. The molecule has 6 heterocycles. The van der Waals surface area contributed by atoms with Crippen LogP contribution in [-0.4, -0.2) is 76.5 Å². The van der Waals surface area contributed by atoms with E-state index in [1.807, 2.05) is 48.8 Å². The second kappa shape index (κ2) is 9.01. The third kappa shape index (κ3) is 4.18. The van der Waals surface area contributed by atoms with Crippen LogP contribution in [0, 0.1) is 5.92 Å². The smallest absolute Gasteiger partial charge is 0.228 e. The Morgan fingerprint density at radius 3 is 2.81 bits per heavy atom. The van der Waals surface area contributed by atoms with E-state index in [0.29, 0.717) is 13.1 Å². The number of hydrogen-bond donors (Lipinski definition) is 1. The van der Waals surface area contributed by atoms with Gasteiger partial charge in [0.25, 0.3) is 0 Å². The van der Waals surface area contributed by atoms with Crippen LogP contribution in [0.1, 0.15) is 26.0 Å². The van der Waals surface area contributed by atoms with E-state index in [1.165, 1.54) is 0 Å². The highest BCUT2D eigenvalue weighted by atomic mass is 32.1. The molecule has 0 spiro atoms. The number of pyridine rings is 1. The summed E-state index contributed by atoms with van der Waals surface area (Å²) in [5, 5.41) is 6.41. The molecule has 2 fully saturated rings. The molecule has 36 heavy (non-hydrogen) atoms. The molecular weight excluding hydrogens is 472 g/mol. The van der Waals surface area contributed by atoms with E-state index in [9.17, 15) is 4.79 Å². The van der Waals surface area contributed by atoms with Crippen LogP contribution in [0.3, 0.4) is 0 Å². The van der Waals surface area contributed by atoms with Gasteiger partial charge in [0.05, 0.1) is 28.7 Å². The molecule has 0 aromatic carbocycles. The van der Waals surface area contributed by atoms with Crippen LogP contribution in [0.25, 0.3) is 15.9 Å². The fraction of sp³-hybridized carbons (Fsp3) is 0.462. The zero-order chi connectivity index (χ0) is 24.9. The number of nitrogens with zero attached hydrogens (tertiary/aromatic N) is 7. The minimum Gasteiger partial charge on any atom is -0.354 e. The van der Waals surface area contributed by atoms with Crippen LogP contribution in [-0.2, 0) is 10.3 Å². The fourth-order valence-electron chi connectivity index (χ4n) is 5.14. The van der Waals surface area contributed by atoms with E-state index in [4.69, 9.17) is 9.97 Å². The van der Waals surface area contributed by atoms with Crippen molar-refractivity contribution in [2.24, 2.45) is 5.92 Å². The summed E-state index contributed by atoms with van der Waals surface area (Å²) in [6.45, 7) is 9.36. The maximum absolute atomic E-state index is 13.2. The van der Waals surface area contributed by atoms with Gasteiger partial charge in [0, 0.05) is 38.9 Å². The number of amides is 1. The lowest BCUT2D eigenvalue weighted by molar-refractivity contribution is -0.127.